The lowest BCUT2D eigenvalue weighted by Crippen LogP contribution is -2.21. The molecular weight excluding hydrogens is 523 g/mol. The van der Waals surface area contributed by atoms with Crippen LogP contribution in [-0.2, 0) is 4.79 Å². The maximum Gasteiger partial charge on any atom is 0.573 e. The Labute approximate surface area is 220 Å². The normalized spacial score (nSPS) is 25.7. The fraction of sp³-hybridized carbons (Fsp3) is 0.500. The van der Waals surface area contributed by atoms with Crippen molar-refractivity contribution in [3.8, 4) is 17.0 Å². The average Bonchev–Trinajstić information content (AvgIpc) is 3.69. The lowest BCUT2D eigenvalue weighted by Gasteiger charge is -2.17. The third-order valence-corrected chi connectivity index (χ3v) is 7.99. The number of alkyl halides is 3. The highest BCUT2D eigenvalue weighted by Crippen LogP contribution is 2.58. The molecule has 0 radical (unpaired) electrons. The molecule has 3 fully saturated rings. The van der Waals surface area contributed by atoms with Crippen molar-refractivity contribution in [3.05, 3.63) is 35.2 Å². The topological polar surface area (TPSA) is 107 Å². The molecule has 0 bridgehead atoms. The number of amides is 1. The van der Waals surface area contributed by atoms with E-state index in [2.05, 4.69) is 20.4 Å². The zero-order valence-corrected chi connectivity index (χ0v) is 21.4. The lowest BCUT2D eigenvalue weighted by molar-refractivity contribution is -0.275. The molecular formula is C26H27F5N6O2. The van der Waals surface area contributed by atoms with Crippen LogP contribution in [0.5, 0.6) is 5.75 Å². The molecule has 3 heterocycles. The molecule has 3 aliphatic rings. The number of piperidine rings is 1. The molecule has 1 amide bonds. The van der Waals surface area contributed by atoms with Gasteiger partial charge in [0, 0.05) is 30.1 Å². The Bertz CT molecular complexity index is 1490. The summed E-state index contributed by atoms with van der Waals surface area (Å²) in [6, 6.07) is 1.24. The van der Waals surface area contributed by atoms with Gasteiger partial charge in [-0.1, -0.05) is 13.8 Å². The first-order chi connectivity index (χ1) is 18.4. The predicted molar refractivity (Wildman–Crippen MR) is 132 cm³/mol. The van der Waals surface area contributed by atoms with Gasteiger partial charge in [-0.2, -0.15) is 5.10 Å². The molecule has 208 valence electrons. The largest absolute Gasteiger partial charge is 0.573 e. The average molecular weight is 551 g/mol. The Balaban J connectivity index is 1.62. The number of hydrogen-bond donors (Lipinski definition) is 3. The van der Waals surface area contributed by atoms with Gasteiger partial charge in [-0.3, -0.25) is 9.48 Å². The Morgan fingerprint density at radius 3 is 2.54 bits per heavy atom. The Morgan fingerprint density at radius 2 is 1.92 bits per heavy atom. The zero-order chi connectivity index (χ0) is 28.0. The quantitative estimate of drug-likeness (QED) is 0.314. The molecule has 4 N–H and O–H groups in total. The number of nitrogens with two attached hydrogens (primary N) is 1. The van der Waals surface area contributed by atoms with Crippen LogP contribution in [0, 0.1) is 29.4 Å². The van der Waals surface area contributed by atoms with Gasteiger partial charge in [0.15, 0.2) is 17.4 Å². The van der Waals surface area contributed by atoms with Crippen molar-refractivity contribution in [3.63, 3.8) is 0 Å². The summed E-state index contributed by atoms with van der Waals surface area (Å²) in [6.45, 7) is 5.27. The van der Waals surface area contributed by atoms with E-state index in [1.165, 1.54) is 11.7 Å². The molecule has 0 spiro atoms. The Kier molecular flexibility index (Phi) is 5.79. The molecule has 3 aromatic rings. The molecule has 2 saturated carbocycles. The van der Waals surface area contributed by atoms with Gasteiger partial charge < -0.3 is 21.1 Å². The number of pyridine rings is 1. The number of nitrogen functional groups attached to an aromatic ring is 1. The molecule has 1 aliphatic heterocycles. The van der Waals surface area contributed by atoms with Gasteiger partial charge in [0.25, 0.3) is 0 Å². The molecule has 1 saturated heterocycles. The Hall–Kier alpha value is -3.48. The summed E-state index contributed by atoms with van der Waals surface area (Å²) in [5, 5.41) is 11.3. The van der Waals surface area contributed by atoms with Crippen molar-refractivity contribution in [2.24, 2.45) is 17.8 Å². The third kappa shape index (κ3) is 4.17. The molecule has 4 unspecified atom stereocenters. The summed E-state index contributed by atoms with van der Waals surface area (Å²) in [5.74, 6) is -3.78. The summed E-state index contributed by atoms with van der Waals surface area (Å²) in [6.07, 6.45) is -4.81. The highest BCUT2D eigenvalue weighted by molar-refractivity contribution is 5.91. The zero-order valence-electron chi connectivity index (χ0n) is 21.4. The summed E-state index contributed by atoms with van der Waals surface area (Å²) in [5.41, 5.74) is 5.57. The van der Waals surface area contributed by atoms with Gasteiger partial charge in [0.05, 0.1) is 28.9 Å². The minimum atomic E-state index is -5.24. The first-order valence-electron chi connectivity index (χ1n) is 12.8. The Morgan fingerprint density at radius 1 is 1.23 bits per heavy atom. The third-order valence-electron chi connectivity index (χ3n) is 7.99. The van der Waals surface area contributed by atoms with Gasteiger partial charge in [-0.05, 0) is 43.3 Å². The van der Waals surface area contributed by atoms with E-state index in [9.17, 15) is 22.4 Å². The van der Waals surface area contributed by atoms with E-state index in [4.69, 9.17) is 10.8 Å². The van der Waals surface area contributed by atoms with E-state index in [0.717, 1.165) is 19.2 Å². The first kappa shape index (κ1) is 25.8. The summed E-state index contributed by atoms with van der Waals surface area (Å²) in [7, 11) is 1.51. The number of hydrogen-bond acceptors (Lipinski definition) is 6. The maximum absolute atomic E-state index is 16.6. The molecule has 2 aromatic heterocycles. The predicted octanol–water partition coefficient (Wildman–Crippen LogP) is 4.22. The van der Waals surface area contributed by atoms with Gasteiger partial charge >= 0.3 is 6.36 Å². The number of benzene rings is 1. The molecule has 8 nitrogen and oxygen atoms in total. The van der Waals surface area contributed by atoms with Crippen LogP contribution in [0.1, 0.15) is 49.5 Å². The molecule has 4 atom stereocenters. The number of nitrogens with one attached hydrogen (secondary N) is 2. The number of carbonyl (C=O) groups is 1. The first-order valence-corrected chi connectivity index (χ1v) is 12.8. The van der Waals surface area contributed by atoms with E-state index in [-0.39, 0.29) is 28.9 Å². The smallest absolute Gasteiger partial charge is 0.402 e. The highest BCUT2D eigenvalue weighted by atomic mass is 19.4. The summed E-state index contributed by atoms with van der Waals surface area (Å²) in [4.78, 5) is 16.8. The van der Waals surface area contributed by atoms with Crippen molar-refractivity contribution in [2.75, 3.05) is 25.9 Å². The van der Waals surface area contributed by atoms with Crippen LogP contribution < -0.4 is 21.1 Å². The van der Waals surface area contributed by atoms with Crippen molar-refractivity contribution in [2.45, 2.75) is 44.5 Å². The van der Waals surface area contributed by atoms with Crippen molar-refractivity contribution in [1.82, 2.24) is 25.4 Å². The number of fused-ring (bicyclic) bond motifs is 2. The maximum atomic E-state index is 16.6. The number of aromatic nitrogens is 3. The number of halogens is 5. The number of ether oxygens (including phenoxy) is 1. The van der Waals surface area contributed by atoms with Crippen LogP contribution in [0.15, 0.2) is 12.1 Å². The number of carbonyl (C=O) groups excluding carboxylic acids is 1. The van der Waals surface area contributed by atoms with E-state index in [1.807, 2.05) is 13.8 Å². The molecule has 13 heteroatoms. The van der Waals surface area contributed by atoms with Crippen LogP contribution >= 0.6 is 0 Å². The van der Waals surface area contributed by atoms with E-state index in [1.54, 1.807) is 0 Å². The van der Waals surface area contributed by atoms with Crippen molar-refractivity contribution < 1.29 is 31.5 Å². The molecule has 2 aliphatic carbocycles. The molecule has 6 rings (SSSR count). The number of nitrogens with zero attached hydrogens (tertiary/aromatic N) is 3. The molecule has 1 aromatic carbocycles. The second kappa shape index (κ2) is 8.77. The monoisotopic (exact) mass is 550 g/mol. The molecule has 39 heavy (non-hydrogen) atoms. The van der Waals surface area contributed by atoms with Gasteiger partial charge in [-0.15, -0.1) is 13.2 Å². The number of anilines is 1. The van der Waals surface area contributed by atoms with E-state index >= 15 is 4.39 Å². The fourth-order valence-corrected chi connectivity index (χ4v) is 6.07. The van der Waals surface area contributed by atoms with Crippen LogP contribution in [0.3, 0.4) is 0 Å². The van der Waals surface area contributed by atoms with Gasteiger partial charge in [-0.25, -0.2) is 13.8 Å². The van der Waals surface area contributed by atoms with Gasteiger partial charge in [0.1, 0.15) is 11.2 Å². The minimum absolute atomic E-state index is 0.0360. The number of rotatable bonds is 6. The second-order valence-electron chi connectivity index (χ2n) is 10.8. The summed E-state index contributed by atoms with van der Waals surface area (Å²) >= 11 is 0. The second-order valence-corrected chi connectivity index (χ2v) is 10.8. The minimum Gasteiger partial charge on any atom is -0.402 e. The van der Waals surface area contributed by atoms with Gasteiger partial charge in [0.2, 0.25) is 5.91 Å². The van der Waals surface area contributed by atoms with E-state index in [0.29, 0.717) is 41.1 Å². The highest BCUT2D eigenvalue weighted by Gasteiger charge is 2.56. The lowest BCUT2D eigenvalue weighted by atomic mass is 9.98. The van der Waals surface area contributed by atoms with Crippen LogP contribution in [0.2, 0.25) is 0 Å². The van der Waals surface area contributed by atoms with Crippen LogP contribution in [0.25, 0.3) is 22.2 Å². The van der Waals surface area contributed by atoms with E-state index < -0.39 is 47.0 Å². The fourth-order valence-electron chi connectivity index (χ4n) is 6.07. The standard InChI is InChI=1S/C26H27F5N6O2/c1-9(2)20-18-22(17-13-7-34-8-14(13)17)36-37(16-6-11(16)25(38)33-3)23(18)19(28)21(35-20)12-4-10(32)5-15(27)24(12)39-26(29,30)31/h4-5,9,11,13-14,16-17,34H,6-8,32H2,1-3H3,(H,33,38). The summed E-state index contributed by atoms with van der Waals surface area (Å²) < 4.78 is 76.5. The van der Waals surface area contributed by atoms with Crippen LogP contribution in [-0.4, -0.2) is 47.2 Å². The van der Waals surface area contributed by atoms with Crippen molar-refractivity contribution in [1.29, 1.82) is 0 Å². The van der Waals surface area contributed by atoms with Crippen LogP contribution in [0.4, 0.5) is 27.6 Å². The SMILES string of the molecule is CNC(=O)C1CC1n1nc(C2C3CNCC32)c2c(C(C)C)nc(-c3cc(N)cc(F)c3OC(F)(F)F)c(F)c21. The van der Waals surface area contributed by atoms with Crippen molar-refractivity contribution >= 4 is 22.5 Å².